The number of carbonyl (C=O) groups is 1. The first-order valence-corrected chi connectivity index (χ1v) is 10.9. The summed E-state index contributed by atoms with van der Waals surface area (Å²) in [5, 5.41) is 0.802. The summed E-state index contributed by atoms with van der Waals surface area (Å²) in [5.74, 6) is 0.105. The van der Waals surface area contributed by atoms with Crippen LogP contribution in [0.5, 0.6) is 0 Å². The molecule has 0 aliphatic heterocycles. The number of hydrogen-bond acceptors (Lipinski definition) is 4. The van der Waals surface area contributed by atoms with E-state index in [4.69, 9.17) is 4.98 Å². The van der Waals surface area contributed by atoms with Crippen molar-refractivity contribution in [2.75, 3.05) is 31.1 Å². The van der Waals surface area contributed by atoms with Crippen LogP contribution in [0.25, 0.3) is 10.2 Å². The van der Waals surface area contributed by atoms with E-state index in [1.807, 2.05) is 35.2 Å². The van der Waals surface area contributed by atoms with Crippen molar-refractivity contribution >= 4 is 45.0 Å². The molecular formula is C23H30ClN3OS. The maximum absolute atomic E-state index is 13.2. The molecule has 0 aliphatic carbocycles. The van der Waals surface area contributed by atoms with Crippen LogP contribution in [0.15, 0.2) is 48.5 Å². The van der Waals surface area contributed by atoms with Crippen LogP contribution in [0.3, 0.4) is 0 Å². The fourth-order valence-electron chi connectivity index (χ4n) is 3.27. The number of rotatable bonds is 9. The topological polar surface area (TPSA) is 36.4 Å². The summed E-state index contributed by atoms with van der Waals surface area (Å²) < 4.78 is 1.15. The second-order valence-corrected chi connectivity index (χ2v) is 7.90. The van der Waals surface area contributed by atoms with E-state index in [0.717, 1.165) is 47.0 Å². The number of anilines is 1. The van der Waals surface area contributed by atoms with Gasteiger partial charge in [0.25, 0.3) is 0 Å². The molecular weight excluding hydrogens is 402 g/mol. The highest BCUT2D eigenvalue weighted by Gasteiger charge is 2.20. The van der Waals surface area contributed by atoms with Gasteiger partial charge in [-0.2, -0.15) is 0 Å². The van der Waals surface area contributed by atoms with Crippen molar-refractivity contribution in [3.05, 3.63) is 59.7 Å². The fourth-order valence-corrected chi connectivity index (χ4v) is 4.34. The van der Waals surface area contributed by atoms with Crippen molar-refractivity contribution in [3.8, 4) is 0 Å². The summed E-state index contributed by atoms with van der Waals surface area (Å²) in [5.41, 5.74) is 3.31. The zero-order valence-corrected chi connectivity index (χ0v) is 19.1. The van der Waals surface area contributed by atoms with Crippen LogP contribution in [-0.4, -0.2) is 42.0 Å². The summed E-state index contributed by atoms with van der Waals surface area (Å²) in [6, 6.07) is 16.3. The summed E-state index contributed by atoms with van der Waals surface area (Å²) in [6.45, 7) is 9.95. The Hall–Kier alpha value is -1.95. The Morgan fingerprint density at radius 3 is 2.34 bits per heavy atom. The lowest BCUT2D eigenvalue weighted by atomic mass is 10.1. The molecule has 0 bridgehead atoms. The molecule has 2 aromatic carbocycles. The second kappa shape index (κ2) is 11.3. The third-order valence-corrected chi connectivity index (χ3v) is 6.16. The normalized spacial score (nSPS) is 10.9. The summed E-state index contributed by atoms with van der Waals surface area (Å²) in [6.07, 6.45) is 1.40. The molecule has 0 saturated heterocycles. The van der Waals surface area contributed by atoms with Crippen molar-refractivity contribution < 1.29 is 4.79 Å². The standard InChI is InChI=1S/C23H29N3OS.ClH/c1-4-18-12-13-20-21(16-18)28-23(24-20)26(15-14-25(5-2)6-3)22(27)17-19-10-8-7-9-11-19;/h7-13,16H,4-6,14-15,17H2,1-3H3;1H. The third kappa shape index (κ3) is 6.01. The quantitative estimate of drug-likeness (QED) is 0.467. The zero-order valence-electron chi connectivity index (χ0n) is 17.4. The van der Waals surface area contributed by atoms with Gasteiger partial charge in [-0.05, 0) is 42.8 Å². The molecule has 0 atom stereocenters. The smallest absolute Gasteiger partial charge is 0.233 e. The van der Waals surface area contributed by atoms with Crippen LogP contribution in [-0.2, 0) is 17.6 Å². The van der Waals surface area contributed by atoms with Crippen LogP contribution in [0.1, 0.15) is 31.9 Å². The van der Waals surface area contributed by atoms with Crippen LogP contribution in [0.2, 0.25) is 0 Å². The highest BCUT2D eigenvalue weighted by atomic mass is 35.5. The van der Waals surface area contributed by atoms with Gasteiger partial charge < -0.3 is 4.90 Å². The highest BCUT2D eigenvalue weighted by Crippen LogP contribution is 2.30. The number of hydrogen-bond donors (Lipinski definition) is 0. The van der Waals surface area contributed by atoms with Gasteiger partial charge in [-0.1, -0.05) is 68.5 Å². The molecule has 6 heteroatoms. The number of amides is 1. The van der Waals surface area contributed by atoms with Crippen molar-refractivity contribution in [2.24, 2.45) is 0 Å². The van der Waals surface area contributed by atoms with Gasteiger partial charge in [-0.3, -0.25) is 9.69 Å². The number of thiazole rings is 1. The molecule has 0 spiro atoms. The molecule has 0 aliphatic rings. The van der Waals surface area contributed by atoms with E-state index in [-0.39, 0.29) is 18.3 Å². The molecule has 1 amide bonds. The maximum atomic E-state index is 13.2. The Morgan fingerprint density at radius 2 is 1.69 bits per heavy atom. The minimum Gasteiger partial charge on any atom is -0.302 e. The predicted octanol–water partition coefficient (Wildman–Crippen LogP) is 5.20. The maximum Gasteiger partial charge on any atom is 0.233 e. The Morgan fingerprint density at radius 1 is 0.966 bits per heavy atom. The molecule has 0 radical (unpaired) electrons. The van der Waals surface area contributed by atoms with E-state index < -0.39 is 0 Å². The Balaban J connectivity index is 0.00000300. The number of benzene rings is 2. The van der Waals surface area contributed by atoms with Gasteiger partial charge in [-0.15, -0.1) is 12.4 Å². The fraction of sp³-hybridized carbons (Fsp3) is 0.391. The Labute approximate surface area is 184 Å². The van der Waals surface area contributed by atoms with Crippen LogP contribution in [0.4, 0.5) is 5.13 Å². The summed E-state index contributed by atoms with van der Waals surface area (Å²) in [4.78, 5) is 22.2. The minimum absolute atomic E-state index is 0. The van der Waals surface area contributed by atoms with E-state index in [2.05, 4.69) is 43.9 Å². The molecule has 3 rings (SSSR count). The molecule has 0 fully saturated rings. The van der Waals surface area contributed by atoms with E-state index in [1.54, 1.807) is 11.3 Å². The third-order valence-electron chi connectivity index (χ3n) is 5.11. The van der Waals surface area contributed by atoms with E-state index in [0.29, 0.717) is 13.0 Å². The molecule has 29 heavy (non-hydrogen) atoms. The lowest BCUT2D eigenvalue weighted by molar-refractivity contribution is -0.118. The molecule has 1 aromatic heterocycles. The number of likely N-dealkylation sites (N-methyl/N-ethyl adjacent to an activating group) is 1. The van der Waals surface area contributed by atoms with Gasteiger partial charge in [0.2, 0.25) is 5.91 Å². The number of fused-ring (bicyclic) bond motifs is 1. The predicted molar refractivity (Wildman–Crippen MR) is 127 cm³/mol. The summed E-state index contributed by atoms with van der Waals surface area (Å²) in [7, 11) is 0. The average molecular weight is 432 g/mol. The van der Waals surface area contributed by atoms with Gasteiger partial charge >= 0.3 is 0 Å². The van der Waals surface area contributed by atoms with Crippen LogP contribution in [0, 0.1) is 0 Å². The van der Waals surface area contributed by atoms with Gasteiger partial charge in [0.1, 0.15) is 0 Å². The number of aryl methyl sites for hydroxylation is 1. The lowest BCUT2D eigenvalue weighted by Gasteiger charge is -2.24. The molecule has 0 unspecified atom stereocenters. The van der Waals surface area contributed by atoms with Gasteiger partial charge in [0.05, 0.1) is 16.6 Å². The zero-order chi connectivity index (χ0) is 19.9. The number of halogens is 1. The van der Waals surface area contributed by atoms with Crippen molar-refractivity contribution in [1.82, 2.24) is 9.88 Å². The van der Waals surface area contributed by atoms with Crippen molar-refractivity contribution in [2.45, 2.75) is 33.6 Å². The molecule has 1 heterocycles. The first-order chi connectivity index (χ1) is 13.6. The Bertz CT molecular complexity index is 909. The van der Waals surface area contributed by atoms with Gasteiger partial charge in [0.15, 0.2) is 5.13 Å². The van der Waals surface area contributed by atoms with Crippen molar-refractivity contribution in [1.29, 1.82) is 0 Å². The minimum atomic E-state index is 0. The number of nitrogens with zero attached hydrogens (tertiary/aromatic N) is 3. The van der Waals surface area contributed by atoms with Crippen LogP contribution >= 0.6 is 23.7 Å². The first-order valence-electron chi connectivity index (χ1n) is 10.1. The molecule has 156 valence electrons. The van der Waals surface area contributed by atoms with Gasteiger partial charge in [-0.25, -0.2) is 4.98 Å². The largest absolute Gasteiger partial charge is 0.302 e. The van der Waals surface area contributed by atoms with Gasteiger partial charge in [0, 0.05) is 13.1 Å². The van der Waals surface area contributed by atoms with Crippen LogP contribution < -0.4 is 4.90 Å². The molecule has 0 N–H and O–H groups in total. The van der Waals surface area contributed by atoms with E-state index in [9.17, 15) is 4.79 Å². The van der Waals surface area contributed by atoms with E-state index >= 15 is 0 Å². The monoisotopic (exact) mass is 431 g/mol. The SMILES string of the molecule is CCc1ccc2nc(N(CCN(CC)CC)C(=O)Cc3ccccc3)sc2c1.Cl. The number of carbonyl (C=O) groups excluding carboxylic acids is 1. The second-order valence-electron chi connectivity index (χ2n) is 6.89. The van der Waals surface area contributed by atoms with E-state index in [1.165, 1.54) is 5.56 Å². The Kier molecular flexibility index (Phi) is 9.08. The average Bonchev–Trinajstić information content (AvgIpc) is 3.14. The van der Waals surface area contributed by atoms with Crippen molar-refractivity contribution in [3.63, 3.8) is 0 Å². The number of aromatic nitrogens is 1. The highest BCUT2D eigenvalue weighted by molar-refractivity contribution is 7.22. The lowest BCUT2D eigenvalue weighted by Crippen LogP contribution is -2.39. The first kappa shape index (κ1) is 23.3. The molecule has 3 aromatic rings. The molecule has 4 nitrogen and oxygen atoms in total. The molecule has 0 saturated carbocycles. The summed E-state index contributed by atoms with van der Waals surface area (Å²) >= 11 is 1.62.